The predicted molar refractivity (Wildman–Crippen MR) is 91.3 cm³/mol. The van der Waals surface area contributed by atoms with Crippen molar-refractivity contribution < 1.29 is 9.00 Å². The predicted octanol–water partition coefficient (Wildman–Crippen LogP) is 2.65. The standard InChI is InChI=1S/C15H28N2O2S2/c1-3-21(19)12-7-4-6-11(10-12)16-15(18)17-13-8-5-9-14(13)20-2/h11-14H,3-10H2,1-2H3,(H2,16,17,18)/t11-,12+,13-,14-,21-/m0/s1. The van der Waals surface area contributed by atoms with Crippen molar-refractivity contribution in [2.45, 2.75) is 74.5 Å². The van der Waals surface area contributed by atoms with Gasteiger partial charge in [-0.25, -0.2) is 4.79 Å². The van der Waals surface area contributed by atoms with E-state index in [0.717, 1.165) is 37.9 Å². The Kier molecular flexibility index (Phi) is 6.86. The van der Waals surface area contributed by atoms with Crippen LogP contribution in [0.5, 0.6) is 0 Å². The molecule has 5 atom stereocenters. The number of carbonyl (C=O) groups is 1. The van der Waals surface area contributed by atoms with Crippen LogP contribution in [-0.4, -0.2) is 44.8 Å². The average Bonchev–Trinajstić information content (AvgIpc) is 2.93. The lowest BCUT2D eigenvalue weighted by atomic mass is 9.95. The summed E-state index contributed by atoms with van der Waals surface area (Å²) in [6, 6.07) is 0.464. The molecule has 21 heavy (non-hydrogen) atoms. The van der Waals surface area contributed by atoms with Gasteiger partial charge in [-0.3, -0.25) is 4.21 Å². The summed E-state index contributed by atoms with van der Waals surface area (Å²) in [5.41, 5.74) is 0. The smallest absolute Gasteiger partial charge is 0.315 e. The van der Waals surface area contributed by atoms with E-state index in [1.54, 1.807) is 0 Å². The number of nitrogens with one attached hydrogen (secondary N) is 2. The van der Waals surface area contributed by atoms with E-state index in [1.165, 1.54) is 12.8 Å². The number of thioether (sulfide) groups is 1. The fourth-order valence-corrected chi connectivity index (χ4v) is 5.80. The Hall–Kier alpha value is -0.230. The second-order valence-corrected chi connectivity index (χ2v) is 9.17. The van der Waals surface area contributed by atoms with Gasteiger partial charge in [-0.1, -0.05) is 19.8 Å². The monoisotopic (exact) mass is 332 g/mol. The van der Waals surface area contributed by atoms with Crippen molar-refractivity contribution in [3.8, 4) is 0 Å². The molecule has 2 amide bonds. The normalized spacial score (nSPS) is 34.4. The average molecular weight is 333 g/mol. The van der Waals surface area contributed by atoms with Crippen LogP contribution in [-0.2, 0) is 10.8 Å². The maximum absolute atomic E-state index is 12.2. The van der Waals surface area contributed by atoms with Gasteiger partial charge in [0.2, 0.25) is 0 Å². The van der Waals surface area contributed by atoms with Crippen LogP contribution in [0.25, 0.3) is 0 Å². The van der Waals surface area contributed by atoms with Gasteiger partial charge >= 0.3 is 6.03 Å². The van der Waals surface area contributed by atoms with Crippen LogP contribution >= 0.6 is 11.8 Å². The molecule has 0 bridgehead atoms. The van der Waals surface area contributed by atoms with E-state index in [4.69, 9.17) is 0 Å². The first-order chi connectivity index (χ1) is 10.1. The highest BCUT2D eigenvalue weighted by atomic mass is 32.2. The molecule has 0 saturated heterocycles. The summed E-state index contributed by atoms with van der Waals surface area (Å²) in [5, 5.41) is 7.07. The van der Waals surface area contributed by atoms with E-state index < -0.39 is 10.8 Å². The van der Waals surface area contributed by atoms with Gasteiger partial charge in [0, 0.05) is 39.1 Å². The number of rotatable bonds is 5. The molecule has 0 aromatic carbocycles. The summed E-state index contributed by atoms with van der Waals surface area (Å²) in [5.74, 6) is 0.723. The molecular weight excluding hydrogens is 304 g/mol. The van der Waals surface area contributed by atoms with E-state index in [-0.39, 0.29) is 17.3 Å². The number of carbonyl (C=O) groups excluding carboxylic acids is 1. The van der Waals surface area contributed by atoms with Crippen LogP contribution in [0.1, 0.15) is 51.9 Å². The lowest BCUT2D eigenvalue weighted by Gasteiger charge is -2.30. The molecule has 2 N–H and O–H groups in total. The topological polar surface area (TPSA) is 58.2 Å². The van der Waals surface area contributed by atoms with Gasteiger partial charge in [0.25, 0.3) is 0 Å². The Morgan fingerprint density at radius 2 is 1.95 bits per heavy atom. The fourth-order valence-electron chi connectivity index (χ4n) is 3.52. The van der Waals surface area contributed by atoms with Gasteiger partial charge in [-0.2, -0.15) is 11.8 Å². The second-order valence-electron chi connectivity index (χ2n) is 6.08. The summed E-state index contributed by atoms with van der Waals surface area (Å²) in [6.45, 7) is 1.97. The van der Waals surface area contributed by atoms with E-state index in [9.17, 15) is 9.00 Å². The summed E-state index contributed by atoms with van der Waals surface area (Å²) in [6.07, 6.45) is 9.60. The summed E-state index contributed by atoms with van der Waals surface area (Å²) in [7, 11) is -0.735. The molecule has 4 nitrogen and oxygen atoms in total. The minimum Gasteiger partial charge on any atom is -0.335 e. The Labute approximate surface area is 135 Å². The fraction of sp³-hybridized carbons (Fsp3) is 0.933. The van der Waals surface area contributed by atoms with Crippen LogP contribution < -0.4 is 10.6 Å². The summed E-state index contributed by atoms with van der Waals surface area (Å²) in [4.78, 5) is 12.2. The van der Waals surface area contributed by atoms with Crippen LogP contribution in [0.15, 0.2) is 0 Å². The highest BCUT2D eigenvalue weighted by Gasteiger charge is 2.30. The lowest BCUT2D eigenvalue weighted by molar-refractivity contribution is 0.229. The highest BCUT2D eigenvalue weighted by molar-refractivity contribution is 7.99. The highest BCUT2D eigenvalue weighted by Crippen LogP contribution is 2.28. The van der Waals surface area contributed by atoms with Crippen LogP contribution in [0.2, 0.25) is 0 Å². The third-order valence-electron chi connectivity index (χ3n) is 4.69. The number of hydrogen-bond acceptors (Lipinski definition) is 3. The van der Waals surface area contributed by atoms with E-state index >= 15 is 0 Å². The Morgan fingerprint density at radius 1 is 1.19 bits per heavy atom. The first kappa shape index (κ1) is 17.1. The lowest BCUT2D eigenvalue weighted by Crippen LogP contribution is -2.49. The van der Waals surface area contributed by atoms with Gasteiger partial charge in [-0.15, -0.1) is 0 Å². The molecule has 2 rings (SSSR count). The summed E-state index contributed by atoms with van der Waals surface area (Å²) >= 11 is 1.85. The van der Waals surface area contributed by atoms with Crippen molar-refractivity contribution in [3.63, 3.8) is 0 Å². The van der Waals surface area contributed by atoms with E-state index in [2.05, 4.69) is 16.9 Å². The molecule has 6 heteroatoms. The van der Waals surface area contributed by atoms with Crippen LogP contribution in [0.4, 0.5) is 4.79 Å². The molecular formula is C15H28N2O2S2. The molecule has 2 aliphatic rings. The van der Waals surface area contributed by atoms with E-state index in [1.807, 2.05) is 18.7 Å². The first-order valence-electron chi connectivity index (χ1n) is 8.11. The van der Waals surface area contributed by atoms with E-state index in [0.29, 0.717) is 11.3 Å². The van der Waals surface area contributed by atoms with Gasteiger partial charge in [0.05, 0.1) is 0 Å². The van der Waals surface area contributed by atoms with Crippen molar-refractivity contribution in [2.24, 2.45) is 0 Å². The van der Waals surface area contributed by atoms with Crippen molar-refractivity contribution in [1.82, 2.24) is 10.6 Å². The molecule has 0 aliphatic heterocycles. The maximum Gasteiger partial charge on any atom is 0.315 e. The molecule has 0 aromatic heterocycles. The van der Waals surface area contributed by atoms with Crippen LogP contribution in [0, 0.1) is 0 Å². The zero-order valence-electron chi connectivity index (χ0n) is 13.1. The molecule has 0 aromatic rings. The maximum atomic E-state index is 12.2. The first-order valence-corrected chi connectivity index (χ1v) is 10.8. The van der Waals surface area contributed by atoms with Crippen molar-refractivity contribution in [2.75, 3.05) is 12.0 Å². The molecule has 2 aliphatic carbocycles. The third kappa shape index (κ3) is 4.88. The van der Waals surface area contributed by atoms with Crippen molar-refractivity contribution >= 4 is 28.6 Å². The molecule has 0 heterocycles. The molecule has 0 unspecified atom stereocenters. The minimum absolute atomic E-state index is 0.0334. The van der Waals surface area contributed by atoms with Gasteiger partial charge in [-0.05, 0) is 38.4 Å². The quantitative estimate of drug-likeness (QED) is 0.814. The largest absolute Gasteiger partial charge is 0.335 e. The third-order valence-corrected chi connectivity index (χ3v) is 7.60. The Morgan fingerprint density at radius 3 is 2.67 bits per heavy atom. The Balaban J connectivity index is 1.78. The zero-order chi connectivity index (χ0) is 15.2. The van der Waals surface area contributed by atoms with Crippen molar-refractivity contribution in [1.29, 1.82) is 0 Å². The zero-order valence-corrected chi connectivity index (χ0v) is 14.7. The number of amides is 2. The number of urea groups is 1. The Bertz CT molecular complexity index is 379. The van der Waals surface area contributed by atoms with Gasteiger partial charge < -0.3 is 10.6 Å². The molecule has 122 valence electrons. The van der Waals surface area contributed by atoms with Crippen LogP contribution in [0.3, 0.4) is 0 Å². The van der Waals surface area contributed by atoms with Gasteiger partial charge in [0.1, 0.15) is 0 Å². The van der Waals surface area contributed by atoms with Crippen molar-refractivity contribution in [3.05, 3.63) is 0 Å². The molecule has 2 saturated carbocycles. The van der Waals surface area contributed by atoms with Gasteiger partial charge in [0.15, 0.2) is 0 Å². The minimum atomic E-state index is -0.735. The molecule has 0 radical (unpaired) electrons. The SMILES string of the molecule is CC[S@](=O)[C@@H]1CCC[C@H](NC(=O)N[C@H]2CCC[C@@H]2SC)C1. The molecule has 2 fully saturated rings. The second kappa shape index (κ2) is 8.42. The molecule has 0 spiro atoms. The summed E-state index contributed by atoms with van der Waals surface area (Å²) < 4.78 is 11.9. The number of hydrogen-bond donors (Lipinski definition) is 2.